The smallest absolute Gasteiger partial charge is 0.199 e. The van der Waals surface area contributed by atoms with E-state index >= 15 is 0 Å². The van der Waals surface area contributed by atoms with E-state index in [0.29, 0.717) is 0 Å². The largest absolute Gasteiger partial charge is 0.457 e. The highest BCUT2D eigenvalue weighted by Crippen LogP contribution is 2.32. The monoisotopic (exact) mass is 392 g/mol. The number of ether oxygens (including phenoxy) is 1. The van der Waals surface area contributed by atoms with Gasteiger partial charge in [0.1, 0.15) is 25.6 Å². The highest BCUT2D eigenvalue weighted by atomic mass is 16.5. The van der Waals surface area contributed by atoms with Crippen molar-refractivity contribution in [3.8, 4) is 0 Å². The van der Waals surface area contributed by atoms with Crippen molar-refractivity contribution in [1.82, 2.24) is 0 Å². The molecule has 0 aromatic heterocycles. The normalized spacial score (nSPS) is 16.8. The van der Waals surface area contributed by atoms with Crippen LogP contribution in [0.1, 0.15) is 18.1 Å². The van der Waals surface area contributed by atoms with Gasteiger partial charge in [0.15, 0.2) is 5.71 Å². The molecule has 148 valence electrons. The molecule has 2 nitrogen and oxygen atoms in total. The average Bonchev–Trinajstić information content (AvgIpc) is 2.80. The van der Waals surface area contributed by atoms with E-state index in [0.717, 1.165) is 28.2 Å². The third-order valence-corrected chi connectivity index (χ3v) is 5.18. The van der Waals surface area contributed by atoms with Crippen LogP contribution in [-0.4, -0.2) is 24.4 Å². The van der Waals surface area contributed by atoms with E-state index in [-0.39, 0.29) is 0 Å². The molecule has 2 aromatic carbocycles. The van der Waals surface area contributed by atoms with Gasteiger partial charge in [0.05, 0.1) is 0 Å². The summed E-state index contributed by atoms with van der Waals surface area (Å²) >= 11 is 0. The van der Waals surface area contributed by atoms with Crippen LogP contribution in [0.5, 0.6) is 0 Å². The maximum atomic E-state index is 6.30. The lowest BCUT2D eigenvalue weighted by Crippen LogP contribution is -2.09. The standard InChI is InChI=1S/C28H26NO/c1-21(22-14-16-26(17-15-22)29(2)3)18-27-19-25(23-10-6-4-7-11-23)20-28(30-27)24-12-8-5-9-13-24/h4-20H,1-3H3/q+1/b27-18-. The molecule has 1 heterocycles. The van der Waals surface area contributed by atoms with E-state index in [1.165, 1.54) is 16.8 Å². The van der Waals surface area contributed by atoms with E-state index in [1.54, 1.807) is 0 Å². The molecule has 0 bridgehead atoms. The highest BCUT2D eigenvalue weighted by Gasteiger charge is 2.15. The molecule has 0 saturated heterocycles. The number of benzene rings is 2. The first-order valence-corrected chi connectivity index (χ1v) is 10.2. The molecule has 0 radical (unpaired) electrons. The summed E-state index contributed by atoms with van der Waals surface area (Å²) in [5, 5.41) is 0. The van der Waals surface area contributed by atoms with Gasteiger partial charge < -0.3 is 4.74 Å². The summed E-state index contributed by atoms with van der Waals surface area (Å²) in [6.07, 6.45) is 14.9. The Bertz CT molecular complexity index is 1130. The number of allylic oxidation sites excluding steroid dienone is 10. The molecule has 2 aliphatic rings. The van der Waals surface area contributed by atoms with Crippen molar-refractivity contribution in [2.75, 3.05) is 14.1 Å². The lowest BCUT2D eigenvalue weighted by atomic mass is 9.99. The minimum Gasteiger partial charge on any atom is -0.457 e. The summed E-state index contributed by atoms with van der Waals surface area (Å²) in [5.41, 5.74) is 6.91. The van der Waals surface area contributed by atoms with Gasteiger partial charge >= 0.3 is 0 Å². The zero-order chi connectivity index (χ0) is 20.9. The summed E-state index contributed by atoms with van der Waals surface area (Å²) in [4.78, 5) is 0. The van der Waals surface area contributed by atoms with Crippen LogP contribution in [0, 0.1) is 0 Å². The van der Waals surface area contributed by atoms with E-state index < -0.39 is 0 Å². The summed E-state index contributed by atoms with van der Waals surface area (Å²) < 4.78 is 8.40. The molecule has 0 N–H and O–H groups in total. The fraction of sp³-hybridized carbons (Fsp3) is 0.107. The van der Waals surface area contributed by atoms with Gasteiger partial charge in [-0.15, -0.1) is 0 Å². The van der Waals surface area contributed by atoms with Gasteiger partial charge in [-0.1, -0.05) is 60.7 Å². The van der Waals surface area contributed by atoms with E-state index in [9.17, 15) is 0 Å². The number of hydrogen-bond donors (Lipinski definition) is 0. The van der Waals surface area contributed by atoms with Gasteiger partial charge in [-0.25, -0.2) is 4.58 Å². The molecule has 0 atom stereocenters. The maximum absolute atomic E-state index is 6.30. The van der Waals surface area contributed by atoms with Crippen LogP contribution in [0.3, 0.4) is 0 Å². The molecule has 2 aromatic rings. The minimum atomic E-state index is 0.837. The fourth-order valence-corrected chi connectivity index (χ4v) is 3.45. The fourth-order valence-electron chi connectivity index (χ4n) is 3.45. The molecule has 1 aliphatic carbocycles. The van der Waals surface area contributed by atoms with Crippen molar-refractivity contribution in [2.24, 2.45) is 0 Å². The van der Waals surface area contributed by atoms with Crippen molar-refractivity contribution in [3.05, 3.63) is 131 Å². The zero-order valence-corrected chi connectivity index (χ0v) is 17.7. The Morgan fingerprint density at radius 2 is 1.37 bits per heavy atom. The SMILES string of the molecule is CC(/C=C1/C=C(c2ccccc2)C=C(c2ccccc2)O1)=C1C=CC(=[N+](C)C)C=C1. The van der Waals surface area contributed by atoms with Crippen LogP contribution in [-0.2, 0) is 4.74 Å². The second-order valence-electron chi connectivity index (χ2n) is 7.61. The lowest BCUT2D eigenvalue weighted by molar-refractivity contribution is -0.462. The third-order valence-electron chi connectivity index (χ3n) is 5.18. The minimum absolute atomic E-state index is 0.837. The molecular weight excluding hydrogens is 366 g/mol. The molecular formula is C28H26NO+. The number of rotatable bonds is 3. The van der Waals surface area contributed by atoms with Crippen LogP contribution in [0.2, 0.25) is 0 Å². The predicted molar refractivity (Wildman–Crippen MR) is 126 cm³/mol. The topological polar surface area (TPSA) is 12.2 Å². The summed E-state index contributed by atoms with van der Waals surface area (Å²) in [6, 6.07) is 20.7. The average molecular weight is 393 g/mol. The van der Waals surface area contributed by atoms with Crippen molar-refractivity contribution >= 4 is 17.0 Å². The molecule has 0 amide bonds. The predicted octanol–water partition coefficient (Wildman–Crippen LogP) is 6.18. The van der Waals surface area contributed by atoms with E-state index in [1.807, 2.05) is 24.3 Å². The summed E-state index contributed by atoms with van der Waals surface area (Å²) in [6.45, 7) is 2.12. The molecule has 0 spiro atoms. The first-order valence-electron chi connectivity index (χ1n) is 10.2. The summed E-state index contributed by atoms with van der Waals surface area (Å²) in [5.74, 6) is 1.70. The van der Waals surface area contributed by atoms with Crippen molar-refractivity contribution in [3.63, 3.8) is 0 Å². The molecule has 30 heavy (non-hydrogen) atoms. The Morgan fingerprint density at radius 3 is 1.97 bits per heavy atom. The van der Waals surface area contributed by atoms with Gasteiger partial charge in [-0.05, 0) is 59.6 Å². The van der Waals surface area contributed by atoms with Gasteiger partial charge in [0.25, 0.3) is 0 Å². The number of hydrogen-bond acceptors (Lipinski definition) is 1. The van der Waals surface area contributed by atoms with E-state index in [2.05, 4.69) is 105 Å². The van der Waals surface area contributed by atoms with Gasteiger partial charge in [0, 0.05) is 17.7 Å². The summed E-state index contributed by atoms with van der Waals surface area (Å²) in [7, 11) is 4.10. The second kappa shape index (κ2) is 8.79. The lowest BCUT2D eigenvalue weighted by Gasteiger charge is -2.19. The Balaban J connectivity index is 1.73. The quantitative estimate of drug-likeness (QED) is 0.568. The Kier molecular flexibility index (Phi) is 5.76. The number of nitrogens with zero attached hydrogens (tertiary/aromatic N) is 1. The van der Waals surface area contributed by atoms with E-state index in [4.69, 9.17) is 4.74 Å². The Morgan fingerprint density at radius 1 is 0.767 bits per heavy atom. The first-order chi connectivity index (χ1) is 14.6. The van der Waals surface area contributed by atoms with Crippen molar-refractivity contribution in [1.29, 1.82) is 0 Å². The molecule has 0 saturated carbocycles. The molecule has 0 unspecified atom stereocenters. The molecule has 4 rings (SSSR count). The first kappa shape index (κ1) is 19.7. The Hall–Kier alpha value is -3.65. The van der Waals surface area contributed by atoms with Crippen LogP contribution >= 0.6 is 0 Å². The van der Waals surface area contributed by atoms with Gasteiger partial charge in [-0.3, -0.25) is 0 Å². The Labute approximate surface area is 178 Å². The second-order valence-corrected chi connectivity index (χ2v) is 7.61. The van der Waals surface area contributed by atoms with Gasteiger partial charge in [0.2, 0.25) is 0 Å². The van der Waals surface area contributed by atoms with Gasteiger partial charge in [-0.2, -0.15) is 0 Å². The van der Waals surface area contributed by atoms with Crippen LogP contribution in [0.4, 0.5) is 0 Å². The third kappa shape index (κ3) is 4.49. The zero-order valence-electron chi connectivity index (χ0n) is 17.7. The molecule has 1 aliphatic heterocycles. The molecule has 2 heteroatoms. The van der Waals surface area contributed by atoms with Crippen molar-refractivity contribution in [2.45, 2.75) is 6.92 Å². The molecule has 0 fully saturated rings. The van der Waals surface area contributed by atoms with Crippen LogP contribution < -0.4 is 0 Å². The van der Waals surface area contributed by atoms with Crippen LogP contribution in [0.25, 0.3) is 11.3 Å². The maximum Gasteiger partial charge on any atom is 0.199 e. The highest BCUT2D eigenvalue weighted by molar-refractivity contribution is 6.02. The van der Waals surface area contributed by atoms with Crippen LogP contribution in [0.15, 0.2) is 120 Å². The van der Waals surface area contributed by atoms with Crippen molar-refractivity contribution < 1.29 is 9.31 Å².